The van der Waals surface area contributed by atoms with E-state index in [0.29, 0.717) is 23.1 Å². The Morgan fingerprint density at radius 2 is 1.89 bits per heavy atom. The van der Waals surface area contributed by atoms with Crippen LogP contribution in [0.3, 0.4) is 0 Å². The molecule has 2 aromatic rings. The zero-order valence-electron chi connectivity index (χ0n) is 15.5. The van der Waals surface area contributed by atoms with Crippen LogP contribution in [0.15, 0.2) is 40.9 Å². The minimum Gasteiger partial charge on any atom is -0.493 e. The van der Waals surface area contributed by atoms with Crippen molar-refractivity contribution in [3.63, 3.8) is 0 Å². The highest BCUT2D eigenvalue weighted by Crippen LogP contribution is 2.38. The van der Waals surface area contributed by atoms with E-state index in [1.165, 1.54) is 12.8 Å². The first-order chi connectivity index (χ1) is 13.0. The van der Waals surface area contributed by atoms with Gasteiger partial charge in [0.2, 0.25) is 0 Å². The number of benzene rings is 2. The summed E-state index contributed by atoms with van der Waals surface area (Å²) < 4.78 is 12.4. The Hall–Kier alpha value is -1.30. The van der Waals surface area contributed by atoms with E-state index in [1.54, 1.807) is 7.11 Å². The summed E-state index contributed by atoms with van der Waals surface area (Å²) in [5.41, 5.74) is 2.01. The molecule has 1 aliphatic rings. The molecule has 3 rings (SSSR count). The maximum absolute atomic E-state index is 6.01. The summed E-state index contributed by atoms with van der Waals surface area (Å²) in [6.45, 7) is 4.75. The lowest BCUT2D eigenvalue weighted by Crippen LogP contribution is -2.37. The van der Waals surface area contributed by atoms with Gasteiger partial charge in [-0.1, -0.05) is 42.9 Å². The van der Waals surface area contributed by atoms with Gasteiger partial charge in [0.1, 0.15) is 11.6 Å². The normalized spacial score (nSPS) is 14.9. The van der Waals surface area contributed by atoms with Crippen molar-refractivity contribution in [3.05, 3.63) is 57.0 Å². The second-order valence-electron chi connectivity index (χ2n) is 6.88. The fraction of sp³-hybridized carbons (Fsp3) is 0.381. The summed E-state index contributed by atoms with van der Waals surface area (Å²) >= 11 is 15.3. The average molecular weight is 469 g/mol. The Morgan fingerprint density at radius 3 is 2.52 bits per heavy atom. The van der Waals surface area contributed by atoms with Gasteiger partial charge in [-0.2, -0.15) is 0 Å². The van der Waals surface area contributed by atoms with Crippen molar-refractivity contribution in [2.45, 2.75) is 26.4 Å². The van der Waals surface area contributed by atoms with Crippen LogP contribution in [0.25, 0.3) is 0 Å². The van der Waals surface area contributed by atoms with Crippen molar-refractivity contribution in [1.29, 1.82) is 0 Å². The Bertz CT molecular complexity index is 805. The molecule has 0 aromatic heterocycles. The monoisotopic (exact) mass is 467 g/mol. The molecule has 27 heavy (non-hydrogen) atoms. The van der Waals surface area contributed by atoms with Crippen molar-refractivity contribution in [2.75, 3.05) is 20.2 Å². The van der Waals surface area contributed by atoms with Gasteiger partial charge in [0.25, 0.3) is 0 Å². The van der Waals surface area contributed by atoms with Crippen LogP contribution < -0.4 is 9.47 Å². The first-order valence-corrected chi connectivity index (χ1v) is 10.6. The van der Waals surface area contributed by atoms with Crippen LogP contribution >= 0.6 is 39.7 Å². The second kappa shape index (κ2) is 9.26. The number of piperidine rings is 1. The van der Waals surface area contributed by atoms with E-state index in [4.69, 9.17) is 33.3 Å². The zero-order valence-corrected chi connectivity index (χ0v) is 18.7. The summed E-state index contributed by atoms with van der Waals surface area (Å²) in [6, 6.07) is 11.6. The molecule has 0 spiro atoms. The number of hydrogen-bond acceptors (Lipinski definition) is 3. The summed E-state index contributed by atoms with van der Waals surface area (Å²) in [7, 11) is 1.65. The van der Waals surface area contributed by atoms with Crippen LogP contribution in [0.2, 0.25) is 5.02 Å². The lowest BCUT2D eigenvalue weighted by Gasteiger charge is -2.32. The molecule has 1 saturated heterocycles. The summed E-state index contributed by atoms with van der Waals surface area (Å²) in [5.74, 6) is 2.11. The highest BCUT2D eigenvalue weighted by molar-refractivity contribution is 9.10. The predicted octanol–water partition coefficient (Wildman–Crippen LogP) is 6.10. The van der Waals surface area contributed by atoms with Crippen molar-refractivity contribution in [1.82, 2.24) is 4.90 Å². The number of methoxy groups -OCH3 is 1. The summed E-state index contributed by atoms with van der Waals surface area (Å²) in [6.07, 6.45) is 2.36. The van der Waals surface area contributed by atoms with Gasteiger partial charge < -0.3 is 14.4 Å². The van der Waals surface area contributed by atoms with E-state index in [9.17, 15) is 0 Å². The van der Waals surface area contributed by atoms with Gasteiger partial charge in [-0.3, -0.25) is 0 Å². The molecule has 6 heteroatoms. The molecule has 144 valence electrons. The number of hydrogen-bond donors (Lipinski definition) is 0. The van der Waals surface area contributed by atoms with E-state index in [0.717, 1.165) is 39.6 Å². The molecule has 0 atom stereocenters. The van der Waals surface area contributed by atoms with E-state index < -0.39 is 0 Å². The quantitative estimate of drug-likeness (QED) is 0.494. The van der Waals surface area contributed by atoms with Crippen LogP contribution in [-0.2, 0) is 6.61 Å². The Kier molecular flexibility index (Phi) is 7.01. The van der Waals surface area contributed by atoms with Crippen molar-refractivity contribution < 1.29 is 9.47 Å². The van der Waals surface area contributed by atoms with E-state index in [-0.39, 0.29) is 0 Å². The first kappa shape index (κ1) is 20.4. The van der Waals surface area contributed by atoms with Gasteiger partial charge in [-0.15, -0.1) is 0 Å². The molecule has 0 bridgehead atoms. The van der Waals surface area contributed by atoms with Crippen LogP contribution in [0.1, 0.15) is 30.9 Å². The third-order valence-corrected chi connectivity index (χ3v) is 6.18. The molecule has 0 N–H and O–H groups in total. The third kappa shape index (κ3) is 5.15. The Balaban J connectivity index is 1.76. The minimum atomic E-state index is 0.430. The number of nitrogens with zero attached hydrogens (tertiary/aromatic N) is 1. The third-order valence-electron chi connectivity index (χ3n) is 4.84. The lowest BCUT2D eigenvalue weighted by molar-refractivity contribution is 0.281. The van der Waals surface area contributed by atoms with Crippen molar-refractivity contribution in [2.24, 2.45) is 5.92 Å². The maximum atomic E-state index is 6.01. The van der Waals surface area contributed by atoms with Crippen molar-refractivity contribution in [3.8, 4) is 11.5 Å². The topological polar surface area (TPSA) is 21.7 Å². The van der Waals surface area contributed by atoms with Gasteiger partial charge in [0.05, 0.1) is 11.6 Å². The summed E-state index contributed by atoms with van der Waals surface area (Å²) in [4.78, 5) is 3.15. The fourth-order valence-corrected chi connectivity index (χ4v) is 4.10. The maximum Gasteiger partial charge on any atom is 0.175 e. The number of halogens is 2. The summed E-state index contributed by atoms with van der Waals surface area (Å²) in [5, 5.41) is 0.711. The van der Waals surface area contributed by atoms with Crippen molar-refractivity contribution >= 4 is 44.7 Å². The smallest absolute Gasteiger partial charge is 0.175 e. The van der Waals surface area contributed by atoms with E-state index in [1.807, 2.05) is 36.4 Å². The highest BCUT2D eigenvalue weighted by Gasteiger charge is 2.21. The molecule has 0 amide bonds. The van der Waals surface area contributed by atoms with Crippen LogP contribution in [0.5, 0.6) is 11.5 Å². The van der Waals surface area contributed by atoms with Gasteiger partial charge in [0.15, 0.2) is 11.5 Å². The number of thiocarbonyl (C=S) groups is 1. The standard InChI is InChI=1S/C21H23BrClNO2S/c1-14-7-9-24(10-8-14)21(27)16-11-18(22)20(19(12-16)25-2)26-13-15-3-5-17(23)6-4-15/h3-6,11-12,14H,7-10,13H2,1-2H3. The number of likely N-dealkylation sites (tertiary alicyclic amines) is 1. The largest absolute Gasteiger partial charge is 0.493 e. The van der Waals surface area contributed by atoms with Crippen LogP contribution in [-0.4, -0.2) is 30.1 Å². The van der Waals surface area contributed by atoms with E-state index >= 15 is 0 Å². The molecule has 0 unspecified atom stereocenters. The molecule has 1 fully saturated rings. The fourth-order valence-electron chi connectivity index (χ4n) is 3.11. The minimum absolute atomic E-state index is 0.430. The van der Waals surface area contributed by atoms with Gasteiger partial charge in [0, 0.05) is 23.7 Å². The zero-order chi connectivity index (χ0) is 19.4. The molecule has 1 heterocycles. The highest BCUT2D eigenvalue weighted by atomic mass is 79.9. The lowest BCUT2D eigenvalue weighted by atomic mass is 9.99. The Morgan fingerprint density at radius 1 is 1.22 bits per heavy atom. The predicted molar refractivity (Wildman–Crippen MR) is 118 cm³/mol. The molecule has 0 radical (unpaired) electrons. The second-order valence-corrected chi connectivity index (χ2v) is 8.56. The number of rotatable bonds is 5. The Labute approximate surface area is 179 Å². The molecule has 3 nitrogen and oxygen atoms in total. The van der Waals surface area contributed by atoms with Crippen LogP contribution in [0, 0.1) is 5.92 Å². The first-order valence-electron chi connectivity index (χ1n) is 9.02. The molecule has 1 aliphatic heterocycles. The van der Waals surface area contributed by atoms with Gasteiger partial charge in [-0.25, -0.2) is 0 Å². The van der Waals surface area contributed by atoms with Gasteiger partial charge in [-0.05, 0) is 64.5 Å². The average Bonchev–Trinajstić information content (AvgIpc) is 2.67. The molecular weight excluding hydrogens is 446 g/mol. The van der Waals surface area contributed by atoms with E-state index in [2.05, 4.69) is 27.8 Å². The van der Waals surface area contributed by atoms with Crippen LogP contribution in [0.4, 0.5) is 0 Å². The number of ether oxygens (including phenoxy) is 2. The SMILES string of the molecule is COc1cc(C(=S)N2CCC(C)CC2)cc(Br)c1OCc1ccc(Cl)cc1. The molecule has 0 aliphatic carbocycles. The van der Waals surface area contributed by atoms with Gasteiger partial charge >= 0.3 is 0 Å². The molecule has 0 saturated carbocycles. The molecular formula is C21H23BrClNO2S. The molecule has 2 aromatic carbocycles.